The fraction of sp³-hybridized carbons (Fsp3) is 0.360. The first-order valence-corrected chi connectivity index (χ1v) is 10.8. The summed E-state index contributed by atoms with van der Waals surface area (Å²) in [7, 11) is 0. The van der Waals surface area contributed by atoms with Crippen LogP contribution >= 0.6 is 0 Å². The van der Waals surface area contributed by atoms with Gasteiger partial charge in [-0.3, -0.25) is 14.5 Å². The zero-order valence-corrected chi connectivity index (χ0v) is 18.7. The van der Waals surface area contributed by atoms with E-state index in [-0.39, 0.29) is 11.1 Å². The lowest BCUT2D eigenvalue weighted by Crippen LogP contribution is -2.50. The summed E-state index contributed by atoms with van der Waals surface area (Å²) < 4.78 is 45.7. The second-order valence-electron chi connectivity index (χ2n) is 8.08. The van der Waals surface area contributed by atoms with E-state index >= 15 is 0 Å². The fourth-order valence-electron chi connectivity index (χ4n) is 3.44. The van der Waals surface area contributed by atoms with E-state index in [9.17, 15) is 22.8 Å². The first kappa shape index (κ1) is 25.3. The van der Waals surface area contributed by atoms with E-state index in [2.05, 4.69) is 22.1 Å². The average molecular weight is 473 g/mol. The Labute approximate surface area is 196 Å². The van der Waals surface area contributed by atoms with Gasteiger partial charge in [0.05, 0.1) is 18.8 Å². The molecular weight excluding hydrogens is 447 g/mol. The molecule has 0 radical (unpaired) electrons. The molecule has 2 aromatic carbocycles. The van der Waals surface area contributed by atoms with E-state index in [0.29, 0.717) is 5.56 Å². The summed E-state index contributed by atoms with van der Waals surface area (Å²) in [5.74, 6) is 1.40. The van der Waals surface area contributed by atoms with Gasteiger partial charge in [0.15, 0.2) is 0 Å². The van der Waals surface area contributed by atoms with Crippen LogP contribution in [0.4, 0.5) is 13.2 Å². The number of nitrogens with zero attached hydrogens (tertiary/aromatic N) is 1. The van der Waals surface area contributed by atoms with E-state index in [1.165, 1.54) is 12.1 Å². The SMILES string of the molecule is CC(C(F)F)C(NC(=O)c1ccc(C#Cc2ccc(CN3CCOCC3)cc2)c(F)c1)C(N)=O. The minimum absolute atomic E-state index is 0.0707. The third kappa shape index (κ3) is 6.83. The molecule has 1 aliphatic rings. The number of halogens is 3. The number of nitrogens with two attached hydrogens (primary N) is 1. The van der Waals surface area contributed by atoms with E-state index < -0.39 is 36.0 Å². The maximum absolute atomic E-state index is 14.5. The number of alkyl halides is 2. The van der Waals surface area contributed by atoms with Gasteiger partial charge in [0.2, 0.25) is 12.3 Å². The van der Waals surface area contributed by atoms with Crippen LogP contribution in [0.25, 0.3) is 0 Å². The summed E-state index contributed by atoms with van der Waals surface area (Å²) in [6.45, 7) is 5.16. The van der Waals surface area contributed by atoms with Crippen LogP contribution in [0.1, 0.15) is 34.0 Å². The smallest absolute Gasteiger partial charge is 0.252 e. The first-order chi connectivity index (χ1) is 16.2. The molecule has 1 saturated heterocycles. The Hall–Kier alpha value is -3.35. The van der Waals surface area contributed by atoms with Crippen molar-refractivity contribution in [3.05, 3.63) is 70.5 Å². The highest BCUT2D eigenvalue weighted by Crippen LogP contribution is 2.16. The van der Waals surface area contributed by atoms with Crippen LogP contribution in [0.2, 0.25) is 0 Å². The molecule has 0 aromatic heterocycles. The summed E-state index contributed by atoms with van der Waals surface area (Å²) in [6.07, 6.45) is -2.86. The number of benzene rings is 2. The number of hydrogen-bond acceptors (Lipinski definition) is 4. The van der Waals surface area contributed by atoms with Gasteiger partial charge >= 0.3 is 0 Å². The maximum Gasteiger partial charge on any atom is 0.252 e. The molecule has 0 aliphatic carbocycles. The number of carbonyl (C=O) groups is 2. The number of nitrogens with one attached hydrogen (secondary N) is 1. The molecule has 0 saturated carbocycles. The fourth-order valence-corrected chi connectivity index (χ4v) is 3.44. The Morgan fingerprint density at radius 3 is 2.38 bits per heavy atom. The van der Waals surface area contributed by atoms with Crippen molar-refractivity contribution < 1.29 is 27.5 Å². The van der Waals surface area contributed by atoms with E-state index in [4.69, 9.17) is 10.5 Å². The van der Waals surface area contributed by atoms with Crippen molar-refractivity contribution in [3.63, 3.8) is 0 Å². The van der Waals surface area contributed by atoms with E-state index in [1.54, 1.807) is 0 Å². The standard InChI is InChI=1S/C25H26F3N3O3/c1-16(23(27)28)22(24(29)32)30-25(33)20-9-8-19(21(26)14-20)7-6-17-2-4-18(5-3-17)15-31-10-12-34-13-11-31/h2-5,8-9,14,16,22-23H,10-13,15H2,1H3,(H2,29,32)(H,30,33). The van der Waals surface area contributed by atoms with E-state index in [0.717, 1.165) is 51.4 Å². The van der Waals surface area contributed by atoms with Crippen molar-refractivity contribution >= 4 is 11.8 Å². The maximum atomic E-state index is 14.5. The molecule has 1 fully saturated rings. The predicted octanol–water partition coefficient (Wildman–Crippen LogP) is 2.54. The van der Waals surface area contributed by atoms with Crippen molar-refractivity contribution in [1.82, 2.24) is 10.2 Å². The van der Waals surface area contributed by atoms with Gasteiger partial charge < -0.3 is 15.8 Å². The summed E-state index contributed by atoms with van der Waals surface area (Å²) in [5.41, 5.74) is 6.90. The van der Waals surface area contributed by atoms with Crippen LogP contribution in [-0.2, 0) is 16.1 Å². The van der Waals surface area contributed by atoms with Crippen LogP contribution in [0, 0.1) is 23.6 Å². The molecule has 2 atom stereocenters. The topological polar surface area (TPSA) is 84.7 Å². The normalized spacial score (nSPS) is 15.8. The summed E-state index contributed by atoms with van der Waals surface area (Å²) in [4.78, 5) is 26.1. The molecule has 3 rings (SSSR count). The minimum Gasteiger partial charge on any atom is -0.379 e. The lowest BCUT2D eigenvalue weighted by molar-refractivity contribution is -0.122. The molecule has 180 valence electrons. The predicted molar refractivity (Wildman–Crippen MR) is 121 cm³/mol. The van der Waals surface area contributed by atoms with Crippen LogP contribution in [0.3, 0.4) is 0 Å². The second kappa shape index (κ2) is 11.7. The monoisotopic (exact) mass is 473 g/mol. The van der Waals surface area contributed by atoms with Gasteiger partial charge in [0.1, 0.15) is 11.9 Å². The quantitative estimate of drug-likeness (QED) is 0.606. The number of amides is 2. The van der Waals surface area contributed by atoms with Crippen LogP contribution in [0.15, 0.2) is 42.5 Å². The Balaban J connectivity index is 1.65. The zero-order chi connectivity index (χ0) is 24.7. The van der Waals surface area contributed by atoms with Gasteiger partial charge in [-0.25, -0.2) is 13.2 Å². The Bertz CT molecular complexity index is 1070. The van der Waals surface area contributed by atoms with Gasteiger partial charge in [0.25, 0.3) is 5.91 Å². The molecule has 0 spiro atoms. The first-order valence-electron chi connectivity index (χ1n) is 10.8. The second-order valence-corrected chi connectivity index (χ2v) is 8.08. The van der Waals surface area contributed by atoms with Gasteiger partial charge in [-0.1, -0.05) is 30.9 Å². The molecule has 34 heavy (non-hydrogen) atoms. The third-order valence-electron chi connectivity index (χ3n) is 5.55. The Morgan fingerprint density at radius 2 is 1.79 bits per heavy atom. The highest BCUT2D eigenvalue weighted by Gasteiger charge is 2.31. The highest BCUT2D eigenvalue weighted by molar-refractivity contribution is 5.97. The van der Waals surface area contributed by atoms with Crippen molar-refractivity contribution in [1.29, 1.82) is 0 Å². The van der Waals surface area contributed by atoms with Gasteiger partial charge in [-0.2, -0.15) is 0 Å². The molecule has 1 heterocycles. The molecule has 0 bridgehead atoms. The molecular formula is C25H26F3N3O3. The largest absolute Gasteiger partial charge is 0.379 e. The Morgan fingerprint density at radius 1 is 1.12 bits per heavy atom. The van der Waals surface area contributed by atoms with Gasteiger partial charge in [0, 0.05) is 36.7 Å². The number of rotatable bonds is 7. The average Bonchev–Trinajstić information content (AvgIpc) is 2.82. The van der Waals surface area contributed by atoms with Gasteiger partial charge in [-0.15, -0.1) is 0 Å². The van der Waals surface area contributed by atoms with E-state index in [1.807, 2.05) is 24.3 Å². The van der Waals surface area contributed by atoms with Crippen molar-refractivity contribution in [2.24, 2.45) is 11.7 Å². The number of carbonyl (C=O) groups excluding carboxylic acids is 2. The zero-order valence-electron chi connectivity index (χ0n) is 18.7. The summed E-state index contributed by atoms with van der Waals surface area (Å²) in [5, 5.41) is 2.15. The van der Waals surface area contributed by atoms with Crippen LogP contribution < -0.4 is 11.1 Å². The number of primary amides is 1. The minimum atomic E-state index is -2.86. The number of hydrogen-bond donors (Lipinski definition) is 2. The number of ether oxygens (including phenoxy) is 1. The van der Waals surface area contributed by atoms with Gasteiger partial charge in [-0.05, 0) is 35.9 Å². The van der Waals surface area contributed by atoms with Crippen molar-refractivity contribution in [2.75, 3.05) is 26.3 Å². The summed E-state index contributed by atoms with van der Waals surface area (Å²) in [6, 6.07) is 9.64. The van der Waals surface area contributed by atoms with Crippen molar-refractivity contribution in [2.45, 2.75) is 25.9 Å². The highest BCUT2D eigenvalue weighted by atomic mass is 19.3. The molecule has 9 heteroatoms. The Kier molecular flexibility index (Phi) is 8.68. The van der Waals surface area contributed by atoms with Crippen LogP contribution in [0.5, 0.6) is 0 Å². The molecule has 2 aromatic rings. The third-order valence-corrected chi connectivity index (χ3v) is 5.55. The lowest BCUT2D eigenvalue weighted by atomic mass is 10.0. The van der Waals surface area contributed by atoms with Crippen molar-refractivity contribution in [3.8, 4) is 11.8 Å². The summed E-state index contributed by atoms with van der Waals surface area (Å²) >= 11 is 0. The molecule has 3 N–H and O–H groups in total. The molecule has 6 nitrogen and oxygen atoms in total. The lowest BCUT2D eigenvalue weighted by Gasteiger charge is -2.26. The molecule has 1 aliphatic heterocycles. The molecule has 2 amide bonds. The van der Waals surface area contributed by atoms with Crippen LogP contribution in [-0.4, -0.2) is 55.5 Å². The molecule has 2 unspecified atom stereocenters. The number of morpholine rings is 1.